The zero-order valence-corrected chi connectivity index (χ0v) is 23.2. The zero-order chi connectivity index (χ0) is 25.4. The lowest BCUT2D eigenvalue weighted by molar-refractivity contribution is 0.0611. The number of nitrogens with one attached hydrogen (secondary N) is 2. The Morgan fingerprint density at radius 3 is 2.49 bits per heavy atom. The summed E-state index contributed by atoms with van der Waals surface area (Å²) >= 11 is 2.12. The first-order valence-corrected chi connectivity index (χ1v) is 14.7. The minimum Gasteiger partial charge on any atom is -0.340 e. The third kappa shape index (κ3) is 5.84. The number of benzene rings is 2. The number of aromatic nitrogens is 2. The highest BCUT2D eigenvalue weighted by Gasteiger charge is 2.34. The molecule has 1 aliphatic rings. The van der Waals surface area contributed by atoms with Gasteiger partial charge < -0.3 is 10.2 Å². The number of piperazine rings is 1. The van der Waals surface area contributed by atoms with E-state index < -0.39 is 15.6 Å². The second-order valence-corrected chi connectivity index (χ2v) is 11.9. The molecule has 0 aliphatic carbocycles. The Labute approximate surface area is 219 Å². The third-order valence-corrected chi connectivity index (χ3v) is 7.89. The lowest BCUT2D eigenvalue weighted by Gasteiger charge is -2.44. The van der Waals surface area contributed by atoms with Gasteiger partial charge in [-0.3, -0.25) is 9.62 Å². The number of rotatable bonds is 7. The van der Waals surface area contributed by atoms with Crippen molar-refractivity contribution in [1.29, 1.82) is 0 Å². The minimum absolute atomic E-state index is 0.257. The number of nitrogens with zero attached hydrogens (tertiary/aromatic N) is 4. The molecule has 35 heavy (non-hydrogen) atoms. The van der Waals surface area contributed by atoms with Crippen LogP contribution in [0.1, 0.15) is 25.0 Å². The molecule has 1 aliphatic heterocycles. The highest BCUT2D eigenvalue weighted by molar-refractivity contribution is 14.1. The fourth-order valence-corrected chi connectivity index (χ4v) is 5.57. The van der Waals surface area contributed by atoms with E-state index in [1.54, 1.807) is 18.2 Å². The summed E-state index contributed by atoms with van der Waals surface area (Å²) in [7, 11) is -1.43. The molecule has 8 nitrogen and oxygen atoms in total. The van der Waals surface area contributed by atoms with Crippen molar-refractivity contribution in [2.45, 2.75) is 23.8 Å². The van der Waals surface area contributed by atoms with E-state index in [0.29, 0.717) is 38.1 Å². The van der Waals surface area contributed by atoms with Crippen molar-refractivity contribution in [1.82, 2.24) is 19.8 Å². The molecule has 0 atom stereocenters. The van der Waals surface area contributed by atoms with E-state index >= 15 is 0 Å². The number of likely N-dealkylation sites (N-methyl/N-ethyl adjacent to an activating group) is 1. The molecular formula is C24H30FIN6O2S. The molecule has 188 valence electrons. The van der Waals surface area contributed by atoms with Gasteiger partial charge in [0.25, 0.3) is 0 Å². The van der Waals surface area contributed by atoms with E-state index in [0.717, 1.165) is 38.0 Å². The van der Waals surface area contributed by atoms with E-state index in [9.17, 15) is 12.8 Å². The third-order valence-electron chi connectivity index (χ3n) is 6.48. The predicted molar refractivity (Wildman–Crippen MR) is 148 cm³/mol. The monoisotopic (exact) mass is 612 g/mol. The van der Waals surface area contributed by atoms with Gasteiger partial charge in [0, 0.05) is 47.2 Å². The van der Waals surface area contributed by atoms with Crippen molar-refractivity contribution in [2.75, 3.05) is 49.5 Å². The van der Waals surface area contributed by atoms with Crippen LogP contribution < -0.4 is 10.0 Å². The van der Waals surface area contributed by atoms with Crippen molar-refractivity contribution >= 4 is 60.7 Å². The first-order chi connectivity index (χ1) is 16.5. The highest BCUT2D eigenvalue weighted by atomic mass is 127. The summed E-state index contributed by atoms with van der Waals surface area (Å²) in [4.78, 5) is 13.5. The summed E-state index contributed by atoms with van der Waals surface area (Å²) in [5.41, 5.74) is 2.87. The normalized spacial score (nSPS) is 15.9. The smallest absolute Gasteiger partial charge is 0.229 e. The fraction of sp³-hybridized carbons (Fsp3) is 0.417. The summed E-state index contributed by atoms with van der Waals surface area (Å²) in [5.74, 6) is 0.259. The quantitative estimate of drug-likeness (QED) is 0.304. The molecular weight excluding hydrogens is 582 g/mol. The average Bonchev–Trinajstić information content (AvgIpc) is 2.79. The van der Waals surface area contributed by atoms with Gasteiger partial charge in [0.15, 0.2) is 0 Å². The number of sulfonamides is 1. The summed E-state index contributed by atoms with van der Waals surface area (Å²) < 4.78 is 41.8. The second-order valence-electron chi connectivity index (χ2n) is 9.43. The van der Waals surface area contributed by atoms with Gasteiger partial charge in [-0.1, -0.05) is 22.6 Å². The first kappa shape index (κ1) is 26.0. The summed E-state index contributed by atoms with van der Waals surface area (Å²) in [6.07, 6.45) is 2.62. The molecule has 4 rings (SSSR count). The van der Waals surface area contributed by atoms with Crippen LogP contribution in [0.5, 0.6) is 0 Å². The Kier molecular flexibility index (Phi) is 7.51. The first-order valence-electron chi connectivity index (χ1n) is 11.3. The maximum absolute atomic E-state index is 14.0. The van der Waals surface area contributed by atoms with E-state index in [4.69, 9.17) is 0 Å². The second kappa shape index (κ2) is 10.1. The van der Waals surface area contributed by atoms with Crippen LogP contribution in [0, 0.1) is 5.82 Å². The van der Waals surface area contributed by atoms with Gasteiger partial charge in [0.05, 0.1) is 17.5 Å². The summed E-state index contributed by atoms with van der Waals surface area (Å²) in [6, 6.07) is 8.55. The lowest BCUT2D eigenvalue weighted by Crippen LogP contribution is -2.52. The summed E-state index contributed by atoms with van der Waals surface area (Å²) in [5, 5.41) is 3.91. The van der Waals surface area contributed by atoms with E-state index in [1.165, 1.54) is 12.4 Å². The molecule has 0 bridgehead atoms. The van der Waals surface area contributed by atoms with Gasteiger partial charge >= 0.3 is 0 Å². The maximum Gasteiger partial charge on any atom is 0.229 e. The van der Waals surface area contributed by atoms with Gasteiger partial charge in [-0.2, -0.15) is 0 Å². The lowest BCUT2D eigenvalue weighted by atomic mass is 9.89. The van der Waals surface area contributed by atoms with Crippen molar-refractivity contribution < 1.29 is 12.8 Å². The molecule has 0 unspecified atom stereocenters. The molecule has 0 radical (unpaired) electrons. The topological polar surface area (TPSA) is 90.5 Å². The maximum atomic E-state index is 14.0. The molecule has 2 heterocycles. The largest absolute Gasteiger partial charge is 0.340 e. The minimum atomic E-state index is -3.53. The van der Waals surface area contributed by atoms with E-state index in [-0.39, 0.29) is 5.82 Å². The molecule has 2 aromatic carbocycles. The number of anilines is 3. The van der Waals surface area contributed by atoms with Crippen LogP contribution in [0.4, 0.5) is 21.6 Å². The predicted octanol–water partition coefficient (Wildman–Crippen LogP) is 4.30. The standard InChI is InChI=1S/C24H30FIN6O2S/c1-24(2,32-9-7-31(3)8-10-32)19-13-21-18(12-22(19)30-35(4,33)34)23(28-15-27-21)29-17-5-6-20(25)16(11-17)14-26/h5-6,11-13,15,30H,7-10,14H2,1-4H3,(H,27,28,29). The van der Waals surface area contributed by atoms with Crippen molar-refractivity contribution in [3.63, 3.8) is 0 Å². The summed E-state index contributed by atoms with van der Waals surface area (Å²) in [6.45, 7) is 7.85. The van der Waals surface area contributed by atoms with Crippen LogP contribution in [0.25, 0.3) is 10.9 Å². The molecule has 1 aromatic heterocycles. The van der Waals surface area contributed by atoms with E-state index in [1.807, 2.05) is 6.07 Å². The average molecular weight is 613 g/mol. The Morgan fingerprint density at radius 2 is 1.83 bits per heavy atom. The number of hydrogen-bond donors (Lipinski definition) is 2. The van der Waals surface area contributed by atoms with Crippen molar-refractivity contribution in [3.8, 4) is 0 Å². The van der Waals surface area contributed by atoms with Gasteiger partial charge in [-0.15, -0.1) is 0 Å². The van der Waals surface area contributed by atoms with Crippen LogP contribution in [0.15, 0.2) is 36.7 Å². The molecule has 11 heteroatoms. The Bertz CT molecular complexity index is 1340. The molecule has 0 spiro atoms. The van der Waals surface area contributed by atoms with Crippen LogP contribution >= 0.6 is 22.6 Å². The van der Waals surface area contributed by atoms with Crippen molar-refractivity contribution in [2.24, 2.45) is 0 Å². The van der Waals surface area contributed by atoms with Crippen LogP contribution in [0.2, 0.25) is 0 Å². The number of alkyl halides is 1. The Balaban J connectivity index is 1.81. The van der Waals surface area contributed by atoms with Gasteiger partial charge in [-0.25, -0.2) is 22.8 Å². The van der Waals surface area contributed by atoms with Crippen LogP contribution in [-0.4, -0.2) is 67.7 Å². The molecule has 1 fully saturated rings. The van der Waals surface area contributed by atoms with Gasteiger partial charge in [0.2, 0.25) is 10.0 Å². The Morgan fingerprint density at radius 1 is 1.11 bits per heavy atom. The number of halogens is 2. The van der Waals surface area contributed by atoms with Crippen LogP contribution in [0.3, 0.4) is 0 Å². The van der Waals surface area contributed by atoms with Crippen molar-refractivity contribution in [3.05, 3.63) is 53.6 Å². The van der Waals surface area contributed by atoms with Crippen LogP contribution in [-0.2, 0) is 20.0 Å². The fourth-order valence-electron chi connectivity index (χ4n) is 4.42. The molecule has 1 saturated heterocycles. The van der Waals surface area contributed by atoms with E-state index in [2.05, 4.69) is 73.3 Å². The molecule has 2 N–H and O–H groups in total. The van der Waals surface area contributed by atoms with Gasteiger partial charge in [0.1, 0.15) is 18.0 Å². The SMILES string of the molecule is CN1CCN(C(C)(C)c2cc3ncnc(Nc4ccc(F)c(CI)c4)c3cc2NS(C)(=O)=O)CC1. The zero-order valence-electron chi connectivity index (χ0n) is 20.3. The number of hydrogen-bond acceptors (Lipinski definition) is 7. The van der Waals surface area contributed by atoms with Gasteiger partial charge in [-0.05, 0) is 62.4 Å². The molecule has 0 amide bonds. The molecule has 0 saturated carbocycles. The molecule has 3 aromatic rings. The highest BCUT2D eigenvalue weighted by Crippen LogP contribution is 2.38. The Hall–Kier alpha value is -2.09. The number of fused-ring (bicyclic) bond motifs is 1.